The van der Waals surface area contributed by atoms with E-state index in [2.05, 4.69) is 10.6 Å². The van der Waals surface area contributed by atoms with Gasteiger partial charge in [-0.2, -0.15) is 0 Å². The van der Waals surface area contributed by atoms with Crippen LogP contribution in [0, 0.1) is 5.92 Å². The maximum atomic E-state index is 12.0. The first-order chi connectivity index (χ1) is 10.0. The van der Waals surface area contributed by atoms with Gasteiger partial charge in [-0.05, 0) is 17.9 Å². The number of hydrogen-bond acceptors (Lipinski definition) is 3. The van der Waals surface area contributed by atoms with Crippen LogP contribution < -0.4 is 10.6 Å². The highest BCUT2D eigenvalue weighted by Crippen LogP contribution is 2.04. The van der Waals surface area contributed by atoms with Crippen LogP contribution in [0.5, 0.6) is 0 Å². The highest BCUT2D eigenvalue weighted by atomic mass is 16.5. The zero-order valence-corrected chi connectivity index (χ0v) is 12.9. The number of benzene rings is 1. The number of rotatable bonds is 7. The van der Waals surface area contributed by atoms with Gasteiger partial charge in [-0.25, -0.2) is 4.79 Å². The third kappa shape index (κ3) is 6.29. The molecule has 2 amide bonds. The van der Waals surface area contributed by atoms with Gasteiger partial charge in [-0.3, -0.25) is 4.79 Å². The molecule has 1 aromatic rings. The van der Waals surface area contributed by atoms with Gasteiger partial charge in [0.05, 0.1) is 0 Å². The van der Waals surface area contributed by atoms with Crippen molar-refractivity contribution in [2.24, 2.45) is 5.92 Å². The maximum Gasteiger partial charge on any atom is 0.408 e. The van der Waals surface area contributed by atoms with E-state index in [4.69, 9.17) is 4.74 Å². The summed E-state index contributed by atoms with van der Waals surface area (Å²) in [6, 6.07) is 8.83. The maximum absolute atomic E-state index is 12.0. The summed E-state index contributed by atoms with van der Waals surface area (Å²) >= 11 is 0. The molecule has 0 aromatic heterocycles. The summed E-state index contributed by atoms with van der Waals surface area (Å²) in [5, 5.41) is 5.41. The molecule has 1 unspecified atom stereocenters. The summed E-state index contributed by atoms with van der Waals surface area (Å²) in [7, 11) is 0. The Balaban J connectivity index is 2.47. The molecule has 0 spiro atoms. The van der Waals surface area contributed by atoms with Gasteiger partial charge in [0, 0.05) is 6.54 Å². The minimum Gasteiger partial charge on any atom is -0.445 e. The van der Waals surface area contributed by atoms with Crippen LogP contribution in [0.3, 0.4) is 0 Å². The lowest BCUT2D eigenvalue weighted by atomic mass is 10.0. The van der Waals surface area contributed by atoms with E-state index in [1.807, 2.05) is 51.1 Å². The molecular formula is C16H24N2O3. The normalized spacial score (nSPS) is 11.8. The molecular weight excluding hydrogens is 268 g/mol. The third-order valence-corrected chi connectivity index (χ3v) is 2.98. The molecule has 0 aliphatic heterocycles. The second kappa shape index (κ2) is 9.00. The van der Waals surface area contributed by atoms with Crippen LogP contribution in [0.2, 0.25) is 0 Å². The number of carbonyl (C=O) groups is 2. The first-order valence-corrected chi connectivity index (χ1v) is 7.29. The quantitative estimate of drug-likeness (QED) is 0.811. The number of nitrogens with one attached hydrogen (secondary N) is 2. The van der Waals surface area contributed by atoms with Crippen molar-refractivity contribution in [3.8, 4) is 0 Å². The highest BCUT2D eigenvalue weighted by molar-refractivity contribution is 5.85. The average Bonchev–Trinajstić information content (AvgIpc) is 2.49. The topological polar surface area (TPSA) is 67.4 Å². The van der Waals surface area contributed by atoms with Crippen molar-refractivity contribution >= 4 is 12.0 Å². The predicted molar refractivity (Wildman–Crippen MR) is 81.7 cm³/mol. The van der Waals surface area contributed by atoms with E-state index in [1.165, 1.54) is 0 Å². The Morgan fingerprint density at radius 3 is 2.43 bits per heavy atom. The van der Waals surface area contributed by atoms with Gasteiger partial charge in [-0.1, -0.05) is 51.1 Å². The minimum atomic E-state index is -0.583. The first-order valence-electron chi connectivity index (χ1n) is 7.29. The van der Waals surface area contributed by atoms with Crippen molar-refractivity contribution in [3.05, 3.63) is 35.9 Å². The molecule has 0 fully saturated rings. The average molecular weight is 292 g/mol. The number of ether oxygens (including phenoxy) is 1. The summed E-state index contributed by atoms with van der Waals surface area (Å²) in [5.74, 6) is -0.186. The van der Waals surface area contributed by atoms with E-state index >= 15 is 0 Å². The Labute approximate surface area is 126 Å². The Morgan fingerprint density at radius 1 is 1.19 bits per heavy atom. The number of alkyl carbamates (subject to hydrolysis) is 1. The fraction of sp³-hybridized carbons (Fsp3) is 0.500. The zero-order chi connectivity index (χ0) is 15.7. The van der Waals surface area contributed by atoms with Crippen LogP contribution in [0.4, 0.5) is 4.79 Å². The number of hydrogen-bond donors (Lipinski definition) is 2. The Hall–Kier alpha value is -2.04. The molecule has 0 heterocycles. The second-order valence-electron chi connectivity index (χ2n) is 5.22. The fourth-order valence-electron chi connectivity index (χ4n) is 1.78. The minimum absolute atomic E-state index is 0.00821. The first kappa shape index (κ1) is 17.0. The predicted octanol–water partition coefficient (Wildman–Crippen LogP) is 2.46. The van der Waals surface area contributed by atoms with Crippen LogP contribution in [-0.2, 0) is 16.1 Å². The summed E-state index contributed by atoms with van der Waals surface area (Å²) < 4.78 is 5.13. The molecule has 2 N–H and O–H groups in total. The van der Waals surface area contributed by atoms with Gasteiger partial charge in [-0.15, -0.1) is 0 Å². The van der Waals surface area contributed by atoms with Gasteiger partial charge in [0.2, 0.25) is 5.91 Å². The van der Waals surface area contributed by atoms with Crippen LogP contribution in [0.15, 0.2) is 30.3 Å². The molecule has 0 bridgehead atoms. The van der Waals surface area contributed by atoms with Gasteiger partial charge < -0.3 is 15.4 Å². The van der Waals surface area contributed by atoms with Gasteiger partial charge >= 0.3 is 6.09 Å². The Kier molecular flexibility index (Phi) is 7.29. The smallest absolute Gasteiger partial charge is 0.408 e. The largest absolute Gasteiger partial charge is 0.445 e. The third-order valence-electron chi connectivity index (χ3n) is 2.98. The van der Waals surface area contributed by atoms with Crippen molar-refractivity contribution in [2.45, 2.75) is 39.8 Å². The number of carbonyl (C=O) groups excluding carboxylic acids is 2. The standard InChI is InChI=1S/C16H24N2O3/c1-4-10-17-15(19)14(12(2)3)18-16(20)21-11-13-8-6-5-7-9-13/h5-9,12,14H,4,10-11H2,1-3H3,(H,17,19)(H,18,20). The summed E-state index contributed by atoms with van der Waals surface area (Å²) in [6.45, 7) is 6.53. The van der Waals surface area contributed by atoms with E-state index in [-0.39, 0.29) is 18.4 Å². The van der Waals surface area contributed by atoms with Crippen LogP contribution in [0.25, 0.3) is 0 Å². The van der Waals surface area contributed by atoms with Crippen LogP contribution >= 0.6 is 0 Å². The monoisotopic (exact) mass is 292 g/mol. The Morgan fingerprint density at radius 2 is 1.86 bits per heavy atom. The molecule has 0 radical (unpaired) electrons. The molecule has 1 aromatic carbocycles. The summed E-state index contributed by atoms with van der Waals surface area (Å²) in [6.07, 6.45) is 0.277. The molecule has 0 saturated heterocycles. The molecule has 5 nitrogen and oxygen atoms in total. The van der Waals surface area contributed by atoms with E-state index in [0.717, 1.165) is 12.0 Å². The van der Waals surface area contributed by atoms with E-state index in [1.54, 1.807) is 0 Å². The van der Waals surface area contributed by atoms with E-state index < -0.39 is 12.1 Å². The molecule has 1 rings (SSSR count). The molecule has 5 heteroatoms. The van der Waals surface area contributed by atoms with Gasteiger partial charge in [0.15, 0.2) is 0 Å². The SMILES string of the molecule is CCCNC(=O)C(NC(=O)OCc1ccccc1)C(C)C. The molecule has 0 aliphatic rings. The highest BCUT2D eigenvalue weighted by Gasteiger charge is 2.24. The van der Waals surface area contributed by atoms with Crippen molar-refractivity contribution in [1.82, 2.24) is 10.6 Å². The Bertz CT molecular complexity index is 446. The fourth-order valence-corrected chi connectivity index (χ4v) is 1.78. The lowest BCUT2D eigenvalue weighted by molar-refractivity contribution is -0.124. The lowest BCUT2D eigenvalue weighted by Crippen LogP contribution is -2.49. The molecule has 0 aliphatic carbocycles. The molecule has 0 saturated carbocycles. The van der Waals surface area contributed by atoms with Gasteiger partial charge in [0.25, 0.3) is 0 Å². The van der Waals surface area contributed by atoms with Crippen LogP contribution in [-0.4, -0.2) is 24.6 Å². The van der Waals surface area contributed by atoms with Gasteiger partial charge in [0.1, 0.15) is 12.6 Å². The van der Waals surface area contributed by atoms with Crippen LogP contribution in [0.1, 0.15) is 32.8 Å². The summed E-state index contributed by atoms with van der Waals surface area (Å²) in [5.41, 5.74) is 0.907. The van der Waals surface area contributed by atoms with Crippen molar-refractivity contribution in [1.29, 1.82) is 0 Å². The van der Waals surface area contributed by atoms with E-state index in [9.17, 15) is 9.59 Å². The van der Waals surface area contributed by atoms with Crippen molar-refractivity contribution < 1.29 is 14.3 Å². The zero-order valence-electron chi connectivity index (χ0n) is 12.9. The summed E-state index contributed by atoms with van der Waals surface area (Å²) in [4.78, 5) is 23.8. The molecule has 21 heavy (non-hydrogen) atoms. The van der Waals surface area contributed by atoms with Crippen molar-refractivity contribution in [3.63, 3.8) is 0 Å². The van der Waals surface area contributed by atoms with E-state index in [0.29, 0.717) is 6.54 Å². The molecule has 1 atom stereocenters. The second-order valence-corrected chi connectivity index (χ2v) is 5.22. The molecule has 116 valence electrons. The lowest BCUT2D eigenvalue weighted by Gasteiger charge is -2.21. The number of amides is 2. The van der Waals surface area contributed by atoms with Crippen molar-refractivity contribution in [2.75, 3.05) is 6.54 Å².